The largest absolute Gasteiger partial charge is 0.324 e. The van der Waals surface area contributed by atoms with Crippen LogP contribution in [0.1, 0.15) is 31.0 Å². The van der Waals surface area contributed by atoms with Crippen molar-refractivity contribution in [3.05, 3.63) is 33.8 Å². The zero-order chi connectivity index (χ0) is 9.14. The Kier molecular flexibility index (Phi) is 3.29. The first kappa shape index (κ1) is 9.75. The Morgan fingerprint density at radius 2 is 2.17 bits per heavy atom. The second-order valence-corrected chi connectivity index (χ2v) is 3.85. The van der Waals surface area contributed by atoms with Crippen LogP contribution in [0.2, 0.25) is 0 Å². The minimum atomic E-state index is 0.102. The summed E-state index contributed by atoms with van der Waals surface area (Å²) in [6.07, 6.45) is 1.07. The molecule has 0 saturated heterocycles. The summed E-state index contributed by atoms with van der Waals surface area (Å²) in [6.45, 7) is 4.14. The van der Waals surface area contributed by atoms with Crippen LogP contribution in [-0.2, 0) is 6.42 Å². The molecule has 0 amide bonds. The Bertz CT molecular complexity index is 269. The highest BCUT2D eigenvalue weighted by Gasteiger charge is 2.04. The number of aryl methyl sites for hydroxylation is 1. The third-order valence-electron chi connectivity index (χ3n) is 1.96. The summed E-state index contributed by atoms with van der Waals surface area (Å²) in [4.78, 5) is 0. The molecule has 1 aromatic rings. The molecule has 66 valence electrons. The van der Waals surface area contributed by atoms with Gasteiger partial charge in [0.1, 0.15) is 0 Å². The molecule has 0 saturated carbocycles. The number of hydrogen-bond donors (Lipinski definition) is 1. The average molecular weight is 228 g/mol. The predicted molar refractivity (Wildman–Crippen MR) is 56.1 cm³/mol. The Balaban J connectivity index is 3.03. The summed E-state index contributed by atoms with van der Waals surface area (Å²) in [7, 11) is 0. The van der Waals surface area contributed by atoms with Crippen LogP contribution in [-0.4, -0.2) is 0 Å². The SMILES string of the molecule is CCc1ccc(C(C)N)c(Br)c1. The Morgan fingerprint density at radius 1 is 1.50 bits per heavy atom. The molecule has 0 spiro atoms. The molecule has 0 aliphatic rings. The van der Waals surface area contributed by atoms with Crippen molar-refractivity contribution in [2.24, 2.45) is 5.73 Å². The summed E-state index contributed by atoms with van der Waals surface area (Å²) in [5, 5.41) is 0. The third kappa shape index (κ3) is 2.08. The van der Waals surface area contributed by atoms with Crippen LogP contribution in [0.4, 0.5) is 0 Å². The molecule has 0 radical (unpaired) electrons. The number of nitrogens with two attached hydrogens (primary N) is 1. The molecule has 2 heteroatoms. The molecule has 0 heterocycles. The van der Waals surface area contributed by atoms with E-state index in [1.807, 2.05) is 6.92 Å². The molecule has 0 fully saturated rings. The molecule has 12 heavy (non-hydrogen) atoms. The van der Waals surface area contributed by atoms with Crippen LogP contribution in [0, 0.1) is 0 Å². The van der Waals surface area contributed by atoms with E-state index in [1.54, 1.807) is 0 Å². The van der Waals surface area contributed by atoms with Crippen molar-refractivity contribution >= 4 is 15.9 Å². The molecule has 2 N–H and O–H groups in total. The topological polar surface area (TPSA) is 26.0 Å². The number of halogens is 1. The fourth-order valence-electron chi connectivity index (χ4n) is 1.16. The smallest absolute Gasteiger partial charge is 0.0277 e. The van der Waals surface area contributed by atoms with Crippen molar-refractivity contribution in [2.75, 3.05) is 0 Å². The van der Waals surface area contributed by atoms with Gasteiger partial charge in [-0.25, -0.2) is 0 Å². The first-order valence-corrected chi connectivity index (χ1v) is 4.98. The van der Waals surface area contributed by atoms with E-state index >= 15 is 0 Å². The zero-order valence-electron chi connectivity index (χ0n) is 7.47. The van der Waals surface area contributed by atoms with E-state index in [1.165, 1.54) is 11.1 Å². The molecular weight excluding hydrogens is 214 g/mol. The molecule has 0 aromatic heterocycles. The maximum atomic E-state index is 5.78. The van der Waals surface area contributed by atoms with Crippen molar-refractivity contribution < 1.29 is 0 Å². The van der Waals surface area contributed by atoms with E-state index in [4.69, 9.17) is 5.73 Å². The predicted octanol–water partition coefficient (Wildman–Crippen LogP) is 3.03. The number of benzene rings is 1. The molecule has 1 unspecified atom stereocenters. The summed E-state index contributed by atoms with van der Waals surface area (Å²) in [5.41, 5.74) is 8.29. The van der Waals surface area contributed by atoms with Crippen molar-refractivity contribution in [1.82, 2.24) is 0 Å². The lowest BCUT2D eigenvalue weighted by Gasteiger charge is -2.09. The fraction of sp³-hybridized carbons (Fsp3) is 0.400. The van der Waals surface area contributed by atoms with Crippen molar-refractivity contribution in [3.8, 4) is 0 Å². The summed E-state index contributed by atoms with van der Waals surface area (Å²) in [5.74, 6) is 0. The second-order valence-electron chi connectivity index (χ2n) is 3.00. The number of rotatable bonds is 2. The highest BCUT2D eigenvalue weighted by Crippen LogP contribution is 2.23. The van der Waals surface area contributed by atoms with Crippen molar-refractivity contribution in [2.45, 2.75) is 26.3 Å². The van der Waals surface area contributed by atoms with Crippen LogP contribution in [0.15, 0.2) is 22.7 Å². The van der Waals surface area contributed by atoms with Gasteiger partial charge in [-0.2, -0.15) is 0 Å². The van der Waals surface area contributed by atoms with Gasteiger partial charge < -0.3 is 5.73 Å². The third-order valence-corrected chi connectivity index (χ3v) is 2.65. The van der Waals surface area contributed by atoms with Gasteiger partial charge in [-0.15, -0.1) is 0 Å². The lowest BCUT2D eigenvalue weighted by Crippen LogP contribution is -2.05. The van der Waals surface area contributed by atoms with Gasteiger partial charge in [0.25, 0.3) is 0 Å². The van der Waals surface area contributed by atoms with Gasteiger partial charge in [-0.05, 0) is 30.5 Å². The quantitative estimate of drug-likeness (QED) is 0.827. The summed E-state index contributed by atoms with van der Waals surface area (Å²) < 4.78 is 1.12. The molecule has 1 rings (SSSR count). The highest BCUT2D eigenvalue weighted by molar-refractivity contribution is 9.10. The van der Waals surface area contributed by atoms with Gasteiger partial charge in [0.05, 0.1) is 0 Å². The molecular formula is C10H14BrN. The fourth-order valence-corrected chi connectivity index (χ4v) is 1.95. The molecule has 0 bridgehead atoms. The van der Waals surface area contributed by atoms with Gasteiger partial charge >= 0.3 is 0 Å². The molecule has 1 atom stereocenters. The summed E-state index contributed by atoms with van der Waals surface area (Å²) in [6, 6.07) is 6.46. The van der Waals surface area contributed by atoms with Crippen LogP contribution >= 0.6 is 15.9 Å². The van der Waals surface area contributed by atoms with Gasteiger partial charge in [-0.1, -0.05) is 35.0 Å². The Hall–Kier alpha value is -0.340. The lowest BCUT2D eigenvalue weighted by molar-refractivity contribution is 0.812. The van der Waals surface area contributed by atoms with E-state index < -0.39 is 0 Å². The van der Waals surface area contributed by atoms with E-state index in [-0.39, 0.29) is 6.04 Å². The maximum Gasteiger partial charge on any atom is 0.0277 e. The normalized spacial score (nSPS) is 13.0. The minimum absolute atomic E-state index is 0.102. The minimum Gasteiger partial charge on any atom is -0.324 e. The van der Waals surface area contributed by atoms with Crippen LogP contribution in [0.25, 0.3) is 0 Å². The van der Waals surface area contributed by atoms with E-state index in [9.17, 15) is 0 Å². The van der Waals surface area contributed by atoms with Gasteiger partial charge in [-0.3, -0.25) is 0 Å². The van der Waals surface area contributed by atoms with Crippen LogP contribution in [0.3, 0.4) is 0 Å². The van der Waals surface area contributed by atoms with Crippen LogP contribution < -0.4 is 5.73 Å². The zero-order valence-corrected chi connectivity index (χ0v) is 9.06. The highest BCUT2D eigenvalue weighted by atomic mass is 79.9. The first-order valence-electron chi connectivity index (χ1n) is 4.19. The average Bonchev–Trinajstić information content (AvgIpc) is 2.03. The van der Waals surface area contributed by atoms with Gasteiger partial charge in [0.15, 0.2) is 0 Å². The van der Waals surface area contributed by atoms with Crippen molar-refractivity contribution in [3.63, 3.8) is 0 Å². The second kappa shape index (κ2) is 4.06. The Labute approximate surface area is 82.1 Å². The number of hydrogen-bond acceptors (Lipinski definition) is 1. The summed E-state index contributed by atoms with van der Waals surface area (Å²) >= 11 is 3.51. The monoisotopic (exact) mass is 227 g/mol. The van der Waals surface area contributed by atoms with Crippen LogP contribution in [0.5, 0.6) is 0 Å². The molecule has 0 aliphatic carbocycles. The molecule has 1 aromatic carbocycles. The van der Waals surface area contributed by atoms with Crippen molar-refractivity contribution in [1.29, 1.82) is 0 Å². The van der Waals surface area contributed by atoms with Gasteiger partial charge in [0, 0.05) is 10.5 Å². The van der Waals surface area contributed by atoms with Gasteiger partial charge in [0.2, 0.25) is 0 Å². The van der Waals surface area contributed by atoms with E-state index in [0.29, 0.717) is 0 Å². The Morgan fingerprint density at radius 3 is 2.58 bits per heavy atom. The van der Waals surface area contributed by atoms with E-state index in [2.05, 4.69) is 41.1 Å². The standard InChI is InChI=1S/C10H14BrN/c1-3-8-4-5-9(7(2)12)10(11)6-8/h4-7H,3,12H2,1-2H3. The molecule has 1 nitrogen and oxygen atoms in total. The maximum absolute atomic E-state index is 5.78. The first-order chi connectivity index (χ1) is 5.65. The molecule has 0 aliphatic heterocycles. The van der Waals surface area contributed by atoms with E-state index in [0.717, 1.165) is 10.9 Å². The lowest BCUT2D eigenvalue weighted by atomic mass is 10.1.